The number of carboxylic acid groups (broad SMARTS) is 1. The fourth-order valence-electron chi connectivity index (χ4n) is 4.45. The van der Waals surface area contributed by atoms with Crippen molar-refractivity contribution in [1.82, 2.24) is 25.1 Å². The SMILES string of the molecule is COc1cccc(CN(CC(=O)NC(CCSC)C(=O)O)C[C@@H]2CCCN2C(=O)Cc2c[nH]cn2)c1. The molecule has 1 aliphatic heterocycles. The molecule has 2 heterocycles. The standard InChI is InChI=1S/C25H35N5O5S/c1-35-21-7-3-5-18(11-21)14-29(16-23(31)28-22(25(33)34)8-10-36-2)15-20-6-4-9-30(20)24(32)12-19-13-26-17-27-19/h3,5,7,11,13,17,20,22H,4,6,8-10,12,14-16H2,1-2H3,(H,26,27)(H,28,31)(H,33,34)/t20-,22?/m0/s1. The normalized spacial score (nSPS) is 16.2. The van der Waals surface area contributed by atoms with Crippen LogP contribution in [-0.2, 0) is 27.3 Å². The van der Waals surface area contributed by atoms with Crippen LogP contribution in [0.3, 0.4) is 0 Å². The number of nitrogens with zero attached hydrogens (tertiary/aromatic N) is 3. The van der Waals surface area contributed by atoms with Crippen molar-refractivity contribution in [2.45, 2.75) is 44.3 Å². The first-order valence-electron chi connectivity index (χ1n) is 12.0. The summed E-state index contributed by atoms with van der Waals surface area (Å²) in [5, 5.41) is 12.2. The van der Waals surface area contributed by atoms with E-state index in [0.29, 0.717) is 37.5 Å². The number of carbonyl (C=O) groups is 3. The van der Waals surface area contributed by atoms with Crippen molar-refractivity contribution < 1.29 is 24.2 Å². The van der Waals surface area contributed by atoms with Crippen molar-refractivity contribution in [3.8, 4) is 5.75 Å². The van der Waals surface area contributed by atoms with E-state index in [9.17, 15) is 19.5 Å². The molecule has 0 bridgehead atoms. The molecule has 0 aliphatic carbocycles. The number of aliphatic carboxylic acids is 1. The van der Waals surface area contributed by atoms with E-state index in [2.05, 4.69) is 15.3 Å². The van der Waals surface area contributed by atoms with Gasteiger partial charge in [0.2, 0.25) is 11.8 Å². The molecule has 1 aromatic carbocycles. The first-order valence-corrected chi connectivity index (χ1v) is 13.4. The van der Waals surface area contributed by atoms with Gasteiger partial charge < -0.3 is 25.0 Å². The van der Waals surface area contributed by atoms with E-state index in [1.54, 1.807) is 19.6 Å². The molecule has 3 N–H and O–H groups in total. The maximum atomic E-state index is 13.0. The lowest BCUT2D eigenvalue weighted by Gasteiger charge is -2.31. The van der Waals surface area contributed by atoms with Crippen LogP contribution in [0.2, 0.25) is 0 Å². The fraction of sp³-hybridized carbons (Fsp3) is 0.520. The molecule has 10 nitrogen and oxygen atoms in total. The number of ether oxygens (including phenoxy) is 1. The molecule has 0 saturated carbocycles. The smallest absolute Gasteiger partial charge is 0.326 e. The number of aromatic nitrogens is 2. The second kappa shape index (κ2) is 13.9. The van der Waals surface area contributed by atoms with Crippen molar-refractivity contribution in [2.24, 2.45) is 0 Å². The second-order valence-electron chi connectivity index (χ2n) is 8.88. The number of likely N-dealkylation sites (tertiary alicyclic amines) is 1. The van der Waals surface area contributed by atoms with Crippen LogP contribution >= 0.6 is 11.8 Å². The first kappa shape index (κ1) is 27.5. The molecule has 11 heteroatoms. The number of carboxylic acids is 1. The Bertz CT molecular complexity index is 1000. The van der Waals surface area contributed by atoms with Gasteiger partial charge in [-0.25, -0.2) is 9.78 Å². The zero-order valence-electron chi connectivity index (χ0n) is 20.8. The Kier molecular flexibility index (Phi) is 10.6. The average molecular weight is 518 g/mol. The number of imidazole rings is 1. The molecule has 3 rings (SSSR count). The minimum absolute atomic E-state index is 0.0124. The molecule has 1 aromatic heterocycles. The Morgan fingerprint density at radius 1 is 1.39 bits per heavy atom. The molecule has 2 aromatic rings. The van der Waals surface area contributed by atoms with E-state index in [4.69, 9.17) is 4.74 Å². The zero-order chi connectivity index (χ0) is 25.9. The molecular formula is C25H35N5O5S. The van der Waals surface area contributed by atoms with E-state index in [1.807, 2.05) is 40.3 Å². The van der Waals surface area contributed by atoms with Crippen LogP contribution in [0.15, 0.2) is 36.8 Å². The van der Waals surface area contributed by atoms with E-state index < -0.39 is 12.0 Å². The van der Waals surface area contributed by atoms with Crippen LogP contribution in [0.25, 0.3) is 0 Å². The topological polar surface area (TPSA) is 128 Å². The van der Waals surface area contributed by atoms with Gasteiger partial charge in [0.1, 0.15) is 11.8 Å². The number of aromatic amines is 1. The third-order valence-corrected chi connectivity index (χ3v) is 6.85. The van der Waals surface area contributed by atoms with Gasteiger partial charge >= 0.3 is 5.97 Å². The first-order chi connectivity index (χ1) is 17.4. The average Bonchev–Trinajstić information content (AvgIpc) is 3.53. The number of hydrogen-bond acceptors (Lipinski definition) is 7. The predicted molar refractivity (Wildman–Crippen MR) is 138 cm³/mol. The minimum Gasteiger partial charge on any atom is -0.497 e. The Morgan fingerprint density at radius 3 is 2.92 bits per heavy atom. The van der Waals surface area contributed by atoms with Crippen molar-refractivity contribution in [2.75, 3.05) is 38.8 Å². The highest BCUT2D eigenvalue weighted by molar-refractivity contribution is 7.98. The maximum Gasteiger partial charge on any atom is 0.326 e. The number of rotatable bonds is 14. The second-order valence-corrected chi connectivity index (χ2v) is 9.87. The largest absolute Gasteiger partial charge is 0.497 e. The van der Waals surface area contributed by atoms with Gasteiger partial charge in [-0.15, -0.1) is 0 Å². The van der Waals surface area contributed by atoms with Crippen LogP contribution in [0.5, 0.6) is 5.75 Å². The Morgan fingerprint density at radius 2 is 2.22 bits per heavy atom. The van der Waals surface area contributed by atoms with Crippen molar-refractivity contribution in [1.29, 1.82) is 0 Å². The van der Waals surface area contributed by atoms with Crippen LogP contribution < -0.4 is 10.1 Å². The number of methoxy groups -OCH3 is 1. The van der Waals surface area contributed by atoms with Gasteiger partial charge in [0.05, 0.1) is 32.1 Å². The van der Waals surface area contributed by atoms with Crippen molar-refractivity contribution >= 4 is 29.5 Å². The number of carbonyl (C=O) groups excluding carboxylic acids is 2. The molecule has 1 aliphatic rings. The summed E-state index contributed by atoms with van der Waals surface area (Å²) in [7, 11) is 1.60. The quantitative estimate of drug-likeness (QED) is 0.346. The van der Waals surface area contributed by atoms with Gasteiger partial charge in [-0.2, -0.15) is 11.8 Å². The highest BCUT2D eigenvalue weighted by atomic mass is 32.2. The predicted octanol–water partition coefficient (Wildman–Crippen LogP) is 1.78. The van der Waals surface area contributed by atoms with Crippen LogP contribution in [0, 0.1) is 0 Å². The summed E-state index contributed by atoms with van der Waals surface area (Å²) in [6.07, 6.45) is 7.50. The summed E-state index contributed by atoms with van der Waals surface area (Å²) >= 11 is 1.54. The minimum atomic E-state index is -1.04. The summed E-state index contributed by atoms with van der Waals surface area (Å²) in [6.45, 7) is 1.66. The van der Waals surface area contributed by atoms with Crippen LogP contribution in [0.4, 0.5) is 0 Å². The van der Waals surface area contributed by atoms with Crippen molar-refractivity contribution in [3.05, 3.63) is 48.0 Å². The molecule has 2 atom stereocenters. The lowest BCUT2D eigenvalue weighted by atomic mass is 10.1. The van der Waals surface area contributed by atoms with E-state index in [1.165, 1.54) is 11.8 Å². The van der Waals surface area contributed by atoms with Crippen molar-refractivity contribution in [3.63, 3.8) is 0 Å². The highest BCUT2D eigenvalue weighted by Crippen LogP contribution is 2.21. The van der Waals surface area contributed by atoms with E-state index >= 15 is 0 Å². The Labute approximate surface area is 215 Å². The molecular weight excluding hydrogens is 482 g/mol. The molecule has 1 fully saturated rings. The summed E-state index contributed by atoms with van der Waals surface area (Å²) < 4.78 is 5.34. The Balaban J connectivity index is 1.71. The zero-order valence-corrected chi connectivity index (χ0v) is 21.6. The van der Waals surface area contributed by atoms with Gasteiger partial charge in [-0.05, 0) is 49.0 Å². The van der Waals surface area contributed by atoms with Gasteiger partial charge in [-0.1, -0.05) is 12.1 Å². The monoisotopic (exact) mass is 517 g/mol. The lowest BCUT2D eigenvalue weighted by Crippen LogP contribution is -2.49. The molecule has 36 heavy (non-hydrogen) atoms. The van der Waals surface area contributed by atoms with Gasteiger partial charge in [0.25, 0.3) is 0 Å². The van der Waals surface area contributed by atoms with E-state index in [-0.39, 0.29) is 30.8 Å². The molecule has 2 amide bonds. The Hall–Kier alpha value is -3.05. The summed E-state index contributed by atoms with van der Waals surface area (Å²) in [4.78, 5) is 48.4. The molecule has 0 spiro atoms. The van der Waals surface area contributed by atoms with Gasteiger partial charge in [-0.3, -0.25) is 14.5 Å². The van der Waals surface area contributed by atoms with Crippen LogP contribution in [0.1, 0.15) is 30.5 Å². The third-order valence-electron chi connectivity index (χ3n) is 6.21. The molecule has 196 valence electrons. The number of hydrogen-bond donors (Lipinski definition) is 3. The highest BCUT2D eigenvalue weighted by Gasteiger charge is 2.31. The number of H-pyrrole nitrogens is 1. The third kappa shape index (κ3) is 8.27. The van der Waals surface area contributed by atoms with Crippen LogP contribution in [-0.4, -0.2) is 93.5 Å². The summed E-state index contributed by atoms with van der Waals surface area (Å²) in [5.41, 5.74) is 1.66. The summed E-state index contributed by atoms with van der Waals surface area (Å²) in [5.74, 6) is -0.0173. The maximum absolute atomic E-state index is 13.0. The lowest BCUT2D eigenvalue weighted by molar-refractivity contribution is -0.142. The molecule has 1 saturated heterocycles. The molecule has 0 radical (unpaired) electrons. The number of benzene rings is 1. The van der Waals surface area contributed by atoms with Gasteiger partial charge in [0.15, 0.2) is 0 Å². The van der Waals surface area contributed by atoms with E-state index in [0.717, 1.165) is 24.2 Å². The van der Waals surface area contributed by atoms with Gasteiger partial charge in [0, 0.05) is 31.9 Å². The summed E-state index contributed by atoms with van der Waals surface area (Å²) in [6, 6.07) is 6.66. The number of nitrogens with one attached hydrogen (secondary N) is 2. The molecule has 1 unspecified atom stereocenters. The fourth-order valence-corrected chi connectivity index (χ4v) is 4.92. The number of thioether (sulfide) groups is 1. The number of amides is 2.